The number of hydrazine groups is 1. The minimum Gasteiger partial charge on any atom is -0.497 e. The summed E-state index contributed by atoms with van der Waals surface area (Å²) in [4.78, 5) is 38.6. The van der Waals surface area contributed by atoms with E-state index in [4.69, 9.17) is 17.0 Å². The third-order valence-electron chi connectivity index (χ3n) is 4.51. The zero-order valence-electron chi connectivity index (χ0n) is 16.6. The van der Waals surface area contributed by atoms with E-state index in [1.165, 1.54) is 16.8 Å². The normalized spacial score (nSPS) is 15.9. The predicted molar refractivity (Wildman–Crippen MR) is 115 cm³/mol. The van der Waals surface area contributed by atoms with Gasteiger partial charge in [-0.25, -0.2) is 5.01 Å². The molecule has 1 fully saturated rings. The van der Waals surface area contributed by atoms with Gasteiger partial charge >= 0.3 is 0 Å². The maximum Gasteiger partial charge on any atom is 0.254 e. The van der Waals surface area contributed by atoms with E-state index in [9.17, 15) is 14.4 Å². The number of carbonyl (C=O) groups is 3. The van der Waals surface area contributed by atoms with Crippen LogP contribution in [0.15, 0.2) is 54.6 Å². The summed E-state index contributed by atoms with van der Waals surface area (Å²) in [5, 5.41) is 4.19. The Hall–Kier alpha value is -3.46. The second-order valence-corrected chi connectivity index (χ2v) is 7.09. The number of methoxy groups -OCH3 is 1. The van der Waals surface area contributed by atoms with Gasteiger partial charge in [0.05, 0.1) is 20.1 Å². The Morgan fingerprint density at radius 1 is 1.10 bits per heavy atom. The summed E-state index contributed by atoms with van der Waals surface area (Å²) in [6, 6.07) is 15.3. The number of hydrogen-bond donors (Lipinski definition) is 2. The lowest BCUT2D eigenvalue weighted by molar-refractivity contribution is -0.132. The molecule has 0 spiro atoms. The highest BCUT2D eigenvalue weighted by atomic mass is 32.1. The standard InChI is InChI=1S/C21H22N4O4S/c1-14(26)23-25-18(12-19(27)22-16-8-10-17(29-2)11-9-16)20(28)24(21(25)30)13-15-6-4-3-5-7-15/h3-11,18H,12-13H2,1-2H3,(H,22,27)(H,23,26). The molecule has 0 radical (unpaired) electrons. The second kappa shape index (κ2) is 9.36. The summed E-state index contributed by atoms with van der Waals surface area (Å²) in [5.74, 6) is -0.439. The van der Waals surface area contributed by atoms with Crippen molar-refractivity contribution in [1.29, 1.82) is 0 Å². The first-order chi connectivity index (χ1) is 14.4. The molecule has 8 nitrogen and oxygen atoms in total. The Balaban J connectivity index is 1.74. The number of nitrogens with one attached hydrogen (secondary N) is 2. The third kappa shape index (κ3) is 4.93. The van der Waals surface area contributed by atoms with Crippen LogP contribution in [0, 0.1) is 0 Å². The summed E-state index contributed by atoms with van der Waals surface area (Å²) in [5.41, 5.74) is 4.02. The summed E-state index contributed by atoms with van der Waals surface area (Å²) in [7, 11) is 1.56. The first-order valence-corrected chi connectivity index (χ1v) is 9.69. The van der Waals surface area contributed by atoms with Crippen LogP contribution in [0.3, 0.4) is 0 Å². The Kier molecular flexibility index (Phi) is 6.63. The van der Waals surface area contributed by atoms with Gasteiger partial charge in [-0.3, -0.25) is 24.7 Å². The fourth-order valence-electron chi connectivity index (χ4n) is 3.10. The van der Waals surface area contributed by atoms with E-state index in [2.05, 4.69) is 10.7 Å². The lowest BCUT2D eigenvalue weighted by Gasteiger charge is -2.23. The number of amides is 3. The fraction of sp³-hybridized carbons (Fsp3) is 0.238. The molecule has 2 aromatic rings. The minimum absolute atomic E-state index is 0.154. The van der Waals surface area contributed by atoms with Gasteiger partial charge < -0.3 is 10.1 Å². The van der Waals surface area contributed by atoms with Crippen LogP contribution in [0.4, 0.5) is 5.69 Å². The van der Waals surface area contributed by atoms with Crippen molar-refractivity contribution < 1.29 is 19.1 Å². The Labute approximate surface area is 179 Å². The van der Waals surface area contributed by atoms with Crippen LogP contribution in [0.2, 0.25) is 0 Å². The van der Waals surface area contributed by atoms with Crippen LogP contribution in [0.5, 0.6) is 5.75 Å². The van der Waals surface area contributed by atoms with Crippen LogP contribution >= 0.6 is 12.2 Å². The van der Waals surface area contributed by atoms with Crippen molar-refractivity contribution in [2.45, 2.75) is 25.9 Å². The first kappa shape index (κ1) is 21.3. The number of anilines is 1. The highest BCUT2D eigenvalue weighted by Crippen LogP contribution is 2.22. The largest absolute Gasteiger partial charge is 0.497 e. The number of thiocarbonyl (C=S) groups is 1. The molecule has 156 valence electrons. The van der Waals surface area contributed by atoms with Gasteiger partial charge in [0.1, 0.15) is 11.8 Å². The van der Waals surface area contributed by atoms with Gasteiger partial charge in [0.2, 0.25) is 11.8 Å². The fourth-order valence-corrected chi connectivity index (χ4v) is 3.42. The molecule has 1 aliphatic rings. The van der Waals surface area contributed by atoms with Crippen molar-refractivity contribution in [2.24, 2.45) is 0 Å². The molecule has 3 amide bonds. The van der Waals surface area contributed by atoms with E-state index in [-0.39, 0.29) is 35.8 Å². The molecule has 0 bridgehead atoms. The Morgan fingerprint density at radius 2 is 1.77 bits per heavy atom. The third-order valence-corrected chi connectivity index (χ3v) is 4.93. The maximum atomic E-state index is 13.0. The van der Waals surface area contributed by atoms with Crippen LogP contribution in [-0.4, -0.2) is 45.9 Å². The molecule has 30 heavy (non-hydrogen) atoms. The van der Waals surface area contributed by atoms with Gasteiger partial charge in [-0.2, -0.15) is 0 Å². The van der Waals surface area contributed by atoms with Gasteiger partial charge in [0.25, 0.3) is 5.91 Å². The molecule has 0 saturated carbocycles. The van der Waals surface area contributed by atoms with Crippen molar-refractivity contribution >= 4 is 40.7 Å². The molecule has 1 heterocycles. The van der Waals surface area contributed by atoms with Crippen molar-refractivity contribution in [3.63, 3.8) is 0 Å². The van der Waals surface area contributed by atoms with E-state index in [1.807, 2.05) is 30.3 Å². The van der Waals surface area contributed by atoms with Crippen LogP contribution in [-0.2, 0) is 20.9 Å². The highest BCUT2D eigenvalue weighted by molar-refractivity contribution is 7.80. The molecular weight excluding hydrogens is 404 g/mol. The summed E-state index contributed by atoms with van der Waals surface area (Å²) < 4.78 is 5.10. The maximum absolute atomic E-state index is 13.0. The minimum atomic E-state index is -0.927. The number of carbonyl (C=O) groups excluding carboxylic acids is 3. The number of rotatable bonds is 7. The topological polar surface area (TPSA) is 91.0 Å². The van der Waals surface area contributed by atoms with Gasteiger partial charge in [0.15, 0.2) is 5.11 Å². The van der Waals surface area contributed by atoms with Crippen LogP contribution < -0.4 is 15.5 Å². The Morgan fingerprint density at radius 3 is 2.37 bits per heavy atom. The molecule has 9 heteroatoms. The lowest BCUT2D eigenvalue weighted by Crippen LogP contribution is -2.49. The number of hydrogen-bond acceptors (Lipinski definition) is 5. The monoisotopic (exact) mass is 426 g/mol. The number of benzene rings is 2. The van der Waals surface area contributed by atoms with E-state index in [0.717, 1.165) is 5.56 Å². The van der Waals surface area contributed by atoms with Crippen LogP contribution in [0.1, 0.15) is 18.9 Å². The van der Waals surface area contributed by atoms with Gasteiger partial charge in [-0.1, -0.05) is 30.3 Å². The molecule has 1 aliphatic heterocycles. The average Bonchev–Trinajstić information content (AvgIpc) is 2.93. The Bertz CT molecular complexity index is 949. The van der Waals surface area contributed by atoms with E-state index < -0.39 is 6.04 Å². The lowest BCUT2D eigenvalue weighted by atomic mass is 10.1. The van der Waals surface area contributed by atoms with Gasteiger partial charge in [0, 0.05) is 12.6 Å². The van der Waals surface area contributed by atoms with Crippen molar-refractivity contribution in [3.8, 4) is 5.75 Å². The molecule has 3 rings (SSSR count). The number of ether oxygens (including phenoxy) is 1. The molecule has 0 aliphatic carbocycles. The molecular formula is C21H22N4O4S. The van der Waals surface area contributed by atoms with E-state index in [1.54, 1.807) is 31.4 Å². The van der Waals surface area contributed by atoms with E-state index in [0.29, 0.717) is 11.4 Å². The summed E-state index contributed by atoms with van der Waals surface area (Å²) in [6.45, 7) is 1.58. The van der Waals surface area contributed by atoms with Crippen molar-refractivity contribution in [1.82, 2.24) is 15.3 Å². The smallest absolute Gasteiger partial charge is 0.254 e. The molecule has 2 N–H and O–H groups in total. The summed E-state index contributed by atoms with van der Waals surface area (Å²) in [6.07, 6.45) is -0.170. The first-order valence-electron chi connectivity index (χ1n) is 9.28. The summed E-state index contributed by atoms with van der Waals surface area (Å²) >= 11 is 5.41. The molecule has 1 unspecified atom stereocenters. The second-order valence-electron chi connectivity index (χ2n) is 6.73. The average molecular weight is 426 g/mol. The predicted octanol–water partition coefficient (Wildman–Crippen LogP) is 2.07. The SMILES string of the molecule is COc1ccc(NC(=O)CC2C(=O)N(Cc3ccccc3)C(=S)N2NC(C)=O)cc1. The highest BCUT2D eigenvalue weighted by Gasteiger charge is 2.44. The molecule has 0 aromatic heterocycles. The molecule has 1 saturated heterocycles. The zero-order valence-corrected chi connectivity index (χ0v) is 17.4. The quantitative estimate of drug-likeness (QED) is 0.659. The van der Waals surface area contributed by atoms with E-state index >= 15 is 0 Å². The molecule has 2 aromatic carbocycles. The number of nitrogens with zero attached hydrogens (tertiary/aromatic N) is 2. The van der Waals surface area contributed by atoms with Gasteiger partial charge in [-0.15, -0.1) is 0 Å². The zero-order chi connectivity index (χ0) is 21.7. The van der Waals surface area contributed by atoms with Crippen molar-refractivity contribution in [3.05, 3.63) is 60.2 Å². The van der Waals surface area contributed by atoms with Gasteiger partial charge in [-0.05, 0) is 42.0 Å². The molecule has 1 atom stereocenters. The van der Waals surface area contributed by atoms with Crippen LogP contribution in [0.25, 0.3) is 0 Å². The van der Waals surface area contributed by atoms with Crippen molar-refractivity contribution in [2.75, 3.05) is 12.4 Å².